The van der Waals surface area contributed by atoms with Crippen LogP contribution >= 0.6 is 22.7 Å². The molecule has 1 aliphatic heterocycles. The van der Waals surface area contributed by atoms with Crippen molar-refractivity contribution in [3.8, 4) is 22.4 Å². The molecule has 0 radical (unpaired) electrons. The van der Waals surface area contributed by atoms with Gasteiger partial charge in [0, 0.05) is 55.3 Å². The number of nitrogens with zero attached hydrogens (tertiary/aromatic N) is 9. The van der Waals surface area contributed by atoms with Gasteiger partial charge in [-0.2, -0.15) is 5.26 Å². The minimum absolute atomic E-state index is 0.0359. The lowest BCUT2D eigenvalue weighted by molar-refractivity contribution is -0.380. The molecule has 398 valence electrons. The van der Waals surface area contributed by atoms with Crippen molar-refractivity contribution in [3.05, 3.63) is 122 Å². The molecule has 0 spiro atoms. The molecule has 1 saturated heterocycles. The van der Waals surface area contributed by atoms with Crippen molar-refractivity contribution < 1.29 is 42.4 Å². The number of thiophene rings is 1. The minimum Gasteiger partial charge on any atom is -0.478 e. The van der Waals surface area contributed by atoms with E-state index in [9.17, 15) is 48.1 Å². The van der Waals surface area contributed by atoms with E-state index >= 15 is 0 Å². The highest BCUT2D eigenvalue weighted by Crippen LogP contribution is 2.30. The van der Waals surface area contributed by atoms with Gasteiger partial charge in [-0.1, -0.05) is 61.6 Å². The van der Waals surface area contributed by atoms with Crippen LogP contribution in [-0.2, 0) is 55.1 Å². The summed E-state index contributed by atoms with van der Waals surface area (Å²) < 4.78 is 36.0. The molecule has 0 saturated carbocycles. The number of likely N-dealkylation sites (tertiary alicyclic amines) is 1. The highest BCUT2D eigenvalue weighted by atomic mass is 32.2. The van der Waals surface area contributed by atoms with Crippen LogP contribution in [0.5, 0.6) is 5.88 Å². The van der Waals surface area contributed by atoms with E-state index < -0.39 is 50.4 Å². The maximum absolute atomic E-state index is 14.1. The van der Waals surface area contributed by atoms with Gasteiger partial charge in [0.1, 0.15) is 23.7 Å². The van der Waals surface area contributed by atoms with Gasteiger partial charge >= 0.3 is 5.00 Å². The third-order valence-electron chi connectivity index (χ3n) is 12.0. The summed E-state index contributed by atoms with van der Waals surface area (Å²) >= 11 is 2.35. The fourth-order valence-electron chi connectivity index (χ4n) is 8.08. The molecular weight excluding hydrogens is 1040 g/mol. The predicted molar refractivity (Wildman–Crippen MR) is 282 cm³/mol. The van der Waals surface area contributed by atoms with E-state index in [4.69, 9.17) is 4.74 Å². The molecule has 4 amide bonds. The summed E-state index contributed by atoms with van der Waals surface area (Å²) in [6.45, 7) is 8.10. The standard InChI is InChI=1S/C50H55N13O10S3/c1-30-43(74-29-54-30)32-13-11-31(12-14-32)25-53-47(67)40-23-37(64)28-62(40)49(68)44(50(2,3)4)57-41(65)10-6-8-36-27-61(60-58-36)21-7-9-35-26-52-45(48(56-35)73-5)59-76(71,72)39-18-15-34(16-19-39)55-46(66)33(24-51)22-38-17-20-42(75-38)63(69)70/h11-20,22,26-27,29,37,40,44,64H,6-10,21,23,25,28H2,1-5H3,(H,52,59)(H,53,67)(H,55,66)(H,57,65)/b33-22+/t37-,40+,44?/m1/s1. The molecule has 1 aliphatic rings. The summed E-state index contributed by atoms with van der Waals surface area (Å²) in [5.74, 6) is -2.21. The van der Waals surface area contributed by atoms with Gasteiger partial charge in [0.25, 0.3) is 21.8 Å². The van der Waals surface area contributed by atoms with Gasteiger partial charge in [0.2, 0.25) is 23.5 Å². The van der Waals surface area contributed by atoms with E-state index in [0.717, 1.165) is 33.0 Å². The maximum Gasteiger partial charge on any atom is 0.324 e. The van der Waals surface area contributed by atoms with Crippen LogP contribution in [0.1, 0.15) is 74.0 Å². The molecule has 2 aromatic carbocycles. The Kier molecular flexibility index (Phi) is 18.0. The molecule has 4 aromatic heterocycles. The number of sulfonamides is 1. The molecule has 23 nitrogen and oxygen atoms in total. The first-order valence-corrected chi connectivity index (χ1v) is 27.0. The third kappa shape index (κ3) is 14.4. The Morgan fingerprint density at radius 2 is 1.78 bits per heavy atom. The van der Waals surface area contributed by atoms with Crippen LogP contribution in [0.4, 0.5) is 16.5 Å². The number of aliphatic hydroxyl groups excluding tert-OH is 1. The van der Waals surface area contributed by atoms with Crippen molar-refractivity contribution in [1.29, 1.82) is 5.26 Å². The van der Waals surface area contributed by atoms with E-state index in [-0.39, 0.29) is 70.6 Å². The summed E-state index contributed by atoms with van der Waals surface area (Å²) in [5.41, 5.74) is 4.98. The Morgan fingerprint density at radius 1 is 1.04 bits per heavy atom. The van der Waals surface area contributed by atoms with Crippen LogP contribution in [0.15, 0.2) is 89.0 Å². The smallest absolute Gasteiger partial charge is 0.324 e. The quantitative estimate of drug-likeness (QED) is 0.0239. The Balaban J connectivity index is 0.847. The number of carbonyl (C=O) groups excluding carboxylic acids is 4. The number of hydrogen-bond acceptors (Lipinski definition) is 18. The number of methoxy groups -OCH3 is 1. The molecule has 7 rings (SSSR count). The molecule has 0 aliphatic carbocycles. The summed E-state index contributed by atoms with van der Waals surface area (Å²) in [6, 6.07) is 15.5. The second-order valence-corrected chi connectivity index (χ2v) is 22.4. The number of benzene rings is 2. The molecule has 3 atom stereocenters. The zero-order valence-corrected chi connectivity index (χ0v) is 44.5. The number of nitro groups is 1. The lowest BCUT2D eigenvalue weighted by Crippen LogP contribution is -2.57. The number of rotatable bonds is 22. The first-order valence-electron chi connectivity index (χ1n) is 23.9. The van der Waals surface area contributed by atoms with Crippen LogP contribution in [-0.4, -0.2) is 109 Å². The van der Waals surface area contributed by atoms with E-state index in [1.165, 1.54) is 60.7 Å². The number of amides is 4. The number of anilines is 2. The second-order valence-electron chi connectivity index (χ2n) is 18.8. The predicted octanol–water partition coefficient (Wildman–Crippen LogP) is 5.59. The number of aromatic nitrogens is 6. The number of thiazole rings is 1. The maximum atomic E-state index is 14.1. The van der Waals surface area contributed by atoms with Crippen molar-refractivity contribution in [2.75, 3.05) is 23.7 Å². The van der Waals surface area contributed by atoms with Crippen LogP contribution in [0.25, 0.3) is 16.5 Å². The van der Waals surface area contributed by atoms with Gasteiger partial charge in [-0.05, 0) is 85.6 Å². The molecule has 5 N–H and O–H groups in total. The number of β-amino-alcohol motifs (C(OH)–C–C–N with tert-alkyl or cyclic N) is 1. The number of nitrogens with one attached hydrogen (secondary N) is 4. The van der Waals surface area contributed by atoms with Gasteiger partial charge in [0.15, 0.2) is 0 Å². The van der Waals surface area contributed by atoms with Gasteiger partial charge in [-0.3, -0.25) is 38.7 Å². The average molecular weight is 1090 g/mol. The molecule has 76 heavy (non-hydrogen) atoms. The summed E-state index contributed by atoms with van der Waals surface area (Å²) in [4.78, 5) is 79.6. The van der Waals surface area contributed by atoms with Gasteiger partial charge in [-0.15, -0.1) is 16.4 Å². The first kappa shape index (κ1) is 55.8. The SMILES string of the molecule is COc1nc(CCCn2cc(CCCC(=O)NC(C(=O)N3C[C@H](O)C[C@H]3C(=O)NCc3ccc(-c4scnc4C)cc3)C(C)(C)C)nn2)cnc1NS(=O)(=O)c1ccc(NC(=O)/C(C#N)=C/c2ccc([N+](=O)[O-])s2)cc1. The van der Waals surface area contributed by atoms with Crippen molar-refractivity contribution in [1.82, 2.24) is 45.5 Å². The molecular formula is C50H55N13O10S3. The van der Waals surface area contributed by atoms with Crippen LogP contribution < -0.4 is 25.4 Å². The Morgan fingerprint density at radius 3 is 2.43 bits per heavy atom. The molecule has 6 aromatic rings. The number of ether oxygens (including phenoxy) is 1. The zero-order chi connectivity index (χ0) is 54.7. The molecule has 0 bridgehead atoms. The van der Waals surface area contributed by atoms with Crippen molar-refractivity contribution >= 4 is 78.9 Å². The number of hydrogen-bond donors (Lipinski definition) is 5. The highest BCUT2D eigenvalue weighted by Gasteiger charge is 2.44. The van der Waals surface area contributed by atoms with Crippen LogP contribution in [0.2, 0.25) is 0 Å². The van der Waals surface area contributed by atoms with E-state index in [1.807, 2.05) is 52.0 Å². The van der Waals surface area contributed by atoms with E-state index in [0.29, 0.717) is 48.5 Å². The Bertz CT molecular complexity index is 3270. The molecule has 1 unspecified atom stereocenters. The number of aliphatic hydroxyl groups is 1. The zero-order valence-electron chi connectivity index (χ0n) is 42.1. The Labute approximate surface area is 445 Å². The summed E-state index contributed by atoms with van der Waals surface area (Å²) in [7, 11) is -2.89. The normalized spacial score (nSPS) is 15.1. The summed E-state index contributed by atoms with van der Waals surface area (Å²) in [6.07, 6.45) is 5.51. The lowest BCUT2D eigenvalue weighted by atomic mass is 9.85. The Hall–Kier alpha value is -7.99. The van der Waals surface area contributed by atoms with Crippen LogP contribution in [0, 0.1) is 33.8 Å². The fourth-order valence-corrected chi connectivity index (χ4v) is 10.7. The van der Waals surface area contributed by atoms with Crippen molar-refractivity contribution in [2.24, 2.45) is 5.41 Å². The lowest BCUT2D eigenvalue weighted by Gasteiger charge is -2.35. The minimum atomic E-state index is -4.21. The first-order chi connectivity index (χ1) is 36.2. The van der Waals surface area contributed by atoms with E-state index in [1.54, 1.807) is 33.8 Å². The van der Waals surface area contributed by atoms with Crippen LogP contribution in [0.3, 0.4) is 0 Å². The second kappa shape index (κ2) is 24.6. The van der Waals surface area contributed by atoms with Gasteiger partial charge in [-0.25, -0.2) is 23.4 Å². The molecule has 5 heterocycles. The third-order valence-corrected chi connectivity index (χ3v) is 15.4. The van der Waals surface area contributed by atoms with Crippen molar-refractivity contribution in [2.45, 2.75) is 102 Å². The van der Waals surface area contributed by atoms with E-state index in [2.05, 4.69) is 45.9 Å². The number of nitriles is 1. The highest BCUT2D eigenvalue weighted by molar-refractivity contribution is 7.92. The van der Waals surface area contributed by atoms with Gasteiger partial charge < -0.3 is 30.7 Å². The van der Waals surface area contributed by atoms with Gasteiger partial charge in [0.05, 0.1) is 56.7 Å². The summed E-state index contributed by atoms with van der Waals surface area (Å²) in [5, 5.41) is 47.7. The van der Waals surface area contributed by atoms with Crippen molar-refractivity contribution in [3.63, 3.8) is 0 Å². The molecule has 26 heteroatoms. The average Bonchev–Trinajstić information content (AvgIpc) is 4.23. The largest absolute Gasteiger partial charge is 0.478 e. The monoisotopic (exact) mass is 1090 g/mol. The number of carbonyl (C=O) groups is 4. The topological polar surface area (TPSA) is 320 Å². The molecule has 1 fully saturated rings. The fraction of sp³-hybridized carbons (Fsp3) is 0.360. The number of aryl methyl sites for hydroxylation is 4.